The molecule has 0 unspecified atom stereocenters. The van der Waals surface area contributed by atoms with Gasteiger partial charge in [0.15, 0.2) is 5.11 Å². The number of hydrogen-bond donors (Lipinski definition) is 2. The summed E-state index contributed by atoms with van der Waals surface area (Å²) in [4.78, 5) is 12.3. The number of hydrogen-bond acceptors (Lipinski definition) is 4. The predicted octanol–water partition coefficient (Wildman–Crippen LogP) is 2.75. The lowest BCUT2D eigenvalue weighted by atomic mass is 10.2. The fourth-order valence-electron chi connectivity index (χ4n) is 1.36. The van der Waals surface area contributed by atoms with Gasteiger partial charge in [0.05, 0.1) is 16.5 Å². The van der Waals surface area contributed by atoms with E-state index in [1.54, 1.807) is 36.4 Å². The van der Waals surface area contributed by atoms with Crippen molar-refractivity contribution in [1.29, 1.82) is 5.26 Å². The summed E-state index contributed by atoms with van der Waals surface area (Å²) in [6.07, 6.45) is 0. The van der Waals surface area contributed by atoms with Crippen molar-refractivity contribution in [3.05, 3.63) is 52.2 Å². The average molecular weight is 287 g/mol. The Bertz CT molecular complexity index is 627. The number of carbonyl (C=O) groups excluding carboxylic acids is 1. The molecule has 1 aromatic heterocycles. The van der Waals surface area contributed by atoms with Gasteiger partial charge in [0.25, 0.3) is 5.91 Å². The van der Waals surface area contributed by atoms with Crippen molar-refractivity contribution >= 4 is 40.3 Å². The second kappa shape index (κ2) is 6.09. The molecule has 0 aliphatic carbocycles. The van der Waals surface area contributed by atoms with Gasteiger partial charge in [0, 0.05) is 5.69 Å². The second-order valence-electron chi connectivity index (χ2n) is 3.57. The molecule has 0 aliphatic rings. The van der Waals surface area contributed by atoms with Crippen molar-refractivity contribution in [2.45, 2.75) is 0 Å². The monoisotopic (exact) mass is 287 g/mol. The van der Waals surface area contributed by atoms with E-state index in [9.17, 15) is 4.79 Å². The average Bonchev–Trinajstić information content (AvgIpc) is 2.93. The van der Waals surface area contributed by atoms with E-state index in [0.717, 1.165) is 5.69 Å². The Morgan fingerprint density at radius 1 is 1.26 bits per heavy atom. The van der Waals surface area contributed by atoms with E-state index < -0.39 is 0 Å². The van der Waals surface area contributed by atoms with Gasteiger partial charge in [0.1, 0.15) is 0 Å². The molecular formula is C13H9N3OS2. The van der Waals surface area contributed by atoms with E-state index in [1.165, 1.54) is 11.3 Å². The first-order valence-electron chi connectivity index (χ1n) is 5.35. The summed E-state index contributed by atoms with van der Waals surface area (Å²) >= 11 is 6.39. The summed E-state index contributed by atoms with van der Waals surface area (Å²) in [5.74, 6) is -0.235. The van der Waals surface area contributed by atoms with E-state index in [4.69, 9.17) is 17.5 Å². The number of nitriles is 1. The minimum atomic E-state index is -0.235. The van der Waals surface area contributed by atoms with Crippen LogP contribution in [0.3, 0.4) is 0 Å². The van der Waals surface area contributed by atoms with Crippen LogP contribution < -0.4 is 10.6 Å². The molecule has 0 bridgehead atoms. The number of nitrogens with one attached hydrogen (secondary N) is 2. The van der Waals surface area contributed by atoms with Gasteiger partial charge < -0.3 is 5.32 Å². The van der Waals surface area contributed by atoms with Crippen LogP contribution in [0.15, 0.2) is 41.8 Å². The maximum atomic E-state index is 11.7. The molecular weight excluding hydrogens is 278 g/mol. The molecule has 2 N–H and O–H groups in total. The fourth-order valence-corrected chi connectivity index (χ4v) is 2.19. The quantitative estimate of drug-likeness (QED) is 0.834. The number of carbonyl (C=O) groups is 1. The lowest BCUT2D eigenvalue weighted by Gasteiger charge is -2.08. The summed E-state index contributed by atoms with van der Waals surface area (Å²) < 4.78 is 0. The van der Waals surface area contributed by atoms with Gasteiger partial charge in [-0.05, 0) is 47.9 Å². The van der Waals surface area contributed by atoms with Crippen LogP contribution in [0, 0.1) is 11.3 Å². The van der Waals surface area contributed by atoms with Crippen molar-refractivity contribution < 1.29 is 4.79 Å². The third kappa shape index (κ3) is 3.61. The third-order valence-electron chi connectivity index (χ3n) is 2.24. The van der Waals surface area contributed by atoms with Crippen LogP contribution in [-0.2, 0) is 0 Å². The largest absolute Gasteiger partial charge is 0.332 e. The summed E-state index contributed by atoms with van der Waals surface area (Å²) in [5.41, 5.74) is 1.29. The van der Waals surface area contributed by atoms with Crippen LogP contribution in [0.5, 0.6) is 0 Å². The minimum absolute atomic E-state index is 0.225. The third-order valence-corrected chi connectivity index (χ3v) is 3.32. The second-order valence-corrected chi connectivity index (χ2v) is 4.93. The first-order valence-corrected chi connectivity index (χ1v) is 6.64. The Labute approximate surface area is 119 Å². The van der Waals surface area contributed by atoms with Crippen LogP contribution in [0.25, 0.3) is 0 Å². The highest BCUT2D eigenvalue weighted by molar-refractivity contribution is 7.80. The number of nitrogens with zero attached hydrogens (tertiary/aromatic N) is 1. The normalized spacial score (nSPS) is 9.42. The number of amides is 1. The molecule has 0 atom stereocenters. The Morgan fingerprint density at radius 2 is 2.00 bits per heavy atom. The van der Waals surface area contributed by atoms with Gasteiger partial charge in [-0.1, -0.05) is 6.07 Å². The van der Waals surface area contributed by atoms with Crippen molar-refractivity contribution in [2.75, 3.05) is 5.32 Å². The van der Waals surface area contributed by atoms with Crippen LogP contribution >= 0.6 is 23.6 Å². The molecule has 0 saturated heterocycles. The Morgan fingerprint density at radius 3 is 2.58 bits per heavy atom. The highest BCUT2D eigenvalue weighted by atomic mass is 32.1. The van der Waals surface area contributed by atoms with Crippen LogP contribution in [0.1, 0.15) is 15.2 Å². The standard InChI is InChI=1S/C13H9N3OS2/c14-8-9-3-5-10(6-4-9)15-13(18)16-12(17)11-2-1-7-19-11/h1-7H,(H2,15,16,17,18). The molecule has 19 heavy (non-hydrogen) atoms. The maximum Gasteiger partial charge on any atom is 0.267 e. The number of rotatable bonds is 2. The van der Waals surface area contributed by atoms with Gasteiger partial charge in [-0.15, -0.1) is 11.3 Å². The smallest absolute Gasteiger partial charge is 0.267 e. The highest BCUT2D eigenvalue weighted by Crippen LogP contribution is 2.10. The molecule has 6 heteroatoms. The molecule has 4 nitrogen and oxygen atoms in total. The van der Waals surface area contributed by atoms with Gasteiger partial charge in [-0.3, -0.25) is 10.1 Å². The van der Waals surface area contributed by atoms with Gasteiger partial charge in [-0.25, -0.2) is 0 Å². The first kappa shape index (κ1) is 13.2. The number of anilines is 1. The van der Waals surface area contributed by atoms with Crippen molar-refractivity contribution in [3.8, 4) is 6.07 Å². The van der Waals surface area contributed by atoms with Crippen LogP contribution in [0.2, 0.25) is 0 Å². The van der Waals surface area contributed by atoms with E-state index >= 15 is 0 Å². The summed E-state index contributed by atoms with van der Waals surface area (Å²) in [5, 5.41) is 16.2. The number of thiocarbonyl (C=S) groups is 1. The van der Waals surface area contributed by atoms with E-state index in [0.29, 0.717) is 10.4 Å². The Kier molecular flexibility index (Phi) is 4.23. The molecule has 1 aromatic carbocycles. The minimum Gasteiger partial charge on any atom is -0.332 e. The summed E-state index contributed by atoms with van der Waals surface area (Å²) in [7, 11) is 0. The van der Waals surface area contributed by atoms with E-state index in [-0.39, 0.29) is 11.0 Å². The highest BCUT2D eigenvalue weighted by Gasteiger charge is 2.08. The predicted molar refractivity (Wildman–Crippen MR) is 79.2 cm³/mol. The topological polar surface area (TPSA) is 64.9 Å². The van der Waals surface area contributed by atoms with Gasteiger partial charge in [-0.2, -0.15) is 5.26 Å². The lowest BCUT2D eigenvalue weighted by molar-refractivity contribution is 0.0981. The molecule has 1 heterocycles. The van der Waals surface area contributed by atoms with Crippen molar-refractivity contribution in [2.24, 2.45) is 0 Å². The number of benzene rings is 1. The van der Waals surface area contributed by atoms with Gasteiger partial charge >= 0.3 is 0 Å². The maximum absolute atomic E-state index is 11.7. The molecule has 0 fully saturated rings. The molecule has 0 spiro atoms. The molecule has 1 amide bonds. The molecule has 0 saturated carbocycles. The molecule has 94 valence electrons. The Balaban J connectivity index is 1.94. The Hall–Kier alpha value is -2.23. The molecule has 0 radical (unpaired) electrons. The van der Waals surface area contributed by atoms with E-state index in [1.807, 2.05) is 11.4 Å². The number of thiophene rings is 1. The lowest BCUT2D eigenvalue weighted by Crippen LogP contribution is -2.33. The first-order chi connectivity index (χ1) is 9.19. The zero-order chi connectivity index (χ0) is 13.7. The van der Waals surface area contributed by atoms with Crippen LogP contribution in [-0.4, -0.2) is 11.0 Å². The SMILES string of the molecule is N#Cc1ccc(NC(=S)NC(=O)c2cccs2)cc1. The molecule has 2 rings (SSSR count). The van der Waals surface area contributed by atoms with Crippen molar-refractivity contribution in [1.82, 2.24) is 5.32 Å². The molecule has 2 aromatic rings. The van der Waals surface area contributed by atoms with E-state index in [2.05, 4.69) is 10.6 Å². The summed E-state index contributed by atoms with van der Waals surface area (Å²) in [6, 6.07) is 12.4. The van der Waals surface area contributed by atoms with Crippen molar-refractivity contribution in [3.63, 3.8) is 0 Å². The fraction of sp³-hybridized carbons (Fsp3) is 0. The van der Waals surface area contributed by atoms with Crippen LogP contribution in [0.4, 0.5) is 5.69 Å². The summed E-state index contributed by atoms with van der Waals surface area (Å²) in [6.45, 7) is 0. The zero-order valence-electron chi connectivity index (χ0n) is 9.71. The molecule has 0 aliphatic heterocycles. The van der Waals surface area contributed by atoms with Gasteiger partial charge in [0.2, 0.25) is 0 Å². The zero-order valence-corrected chi connectivity index (χ0v) is 11.3.